The van der Waals surface area contributed by atoms with E-state index in [9.17, 15) is 14.3 Å². The molecule has 0 unspecified atom stereocenters. The summed E-state index contributed by atoms with van der Waals surface area (Å²) in [5.74, 6) is -0.376. The average molecular weight is 505 g/mol. The molecule has 2 aromatic carbocycles. The molecule has 0 aliphatic rings. The standard InChI is InChI=1S/C25H29FN2O4S2/c1-25(2,3)15-28(24(29)30)14-20-27-21(18-11-6-7-12-19(18)26)23(34-20)33-17-10-8-9-16(13-17)22(31-4)32-5/h6-13,22H,14-15H2,1-5H3,(H,29,30). The maximum absolute atomic E-state index is 14.7. The van der Waals surface area contributed by atoms with Crippen LogP contribution in [0.4, 0.5) is 9.18 Å². The molecule has 0 bridgehead atoms. The van der Waals surface area contributed by atoms with Crippen molar-refractivity contribution in [1.82, 2.24) is 9.88 Å². The van der Waals surface area contributed by atoms with Crippen LogP contribution in [0, 0.1) is 11.2 Å². The van der Waals surface area contributed by atoms with Gasteiger partial charge in [-0.2, -0.15) is 0 Å². The van der Waals surface area contributed by atoms with Gasteiger partial charge in [0.05, 0.1) is 16.4 Å². The van der Waals surface area contributed by atoms with Crippen molar-refractivity contribution in [3.8, 4) is 11.3 Å². The van der Waals surface area contributed by atoms with Crippen LogP contribution in [0.15, 0.2) is 57.6 Å². The minimum atomic E-state index is -1.01. The second kappa shape index (κ2) is 11.3. The lowest BCUT2D eigenvalue weighted by Crippen LogP contribution is -2.36. The van der Waals surface area contributed by atoms with E-state index in [1.807, 2.05) is 45.0 Å². The number of amides is 1. The SMILES string of the molecule is COC(OC)c1cccc(Sc2sc(CN(CC(C)(C)C)C(=O)O)nc2-c2ccccc2F)c1. The molecule has 0 fully saturated rings. The van der Waals surface area contributed by atoms with Gasteiger partial charge in [0, 0.05) is 36.8 Å². The Bertz CT molecular complexity index is 1130. The predicted octanol–water partition coefficient (Wildman–Crippen LogP) is 6.92. The second-order valence-electron chi connectivity index (χ2n) is 8.90. The molecule has 9 heteroatoms. The van der Waals surface area contributed by atoms with Gasteiger partial charge in [-0.05, 0) is 29.7 Å². The molecule has 1 amide bonds. The molecule has 3 rings (SSSR count). The van der Waals surface area contributed by atoms with Crippen LogP contribution in [0.1, 0.15) is 37.6 Å². The number of ether oxygens (including phenoxy) is 2. The Labute approximate surface area is 207 Å². The summed E-state index contributed by atoms with van der Waals surface area (Å²) in [6.45, 7) is 6.44. The molecule has 0 aliphatic heterocycles. The number of thiazole rings is 1. The molecule has 1 N–H and O–H groups in total. The summed E-state index contributed by atoms with van der Waals surface area (Å²) in [6, 6.07) is 14.2. The third-order valence-corrected chi connectivity index (χ3v) is 7.00. The molecule has 1 heterocycles. The summed E-state index contributed by atoms with van der Waals surface area (Å²) in [5, 5.41) is 10.3. The topological polar surface area (TPSA) is 71.9 Å². The normalized spacial score (nSPS) is 11.7. The van der Waals surface area contributed by atoms with Crippen molar-refractivity contribution in [3.63, 3.8) is 0 Å². The second-order valence-corrected chi connectivity index (χ2v) is 11.3. The third kappa shape index (κ3) is 6.79. The Morgan fingerprint density at radius 1 is 1.18 bits per heavy atom. The highest BCUT2D eigenvalue weighted by atomic mass is 32.2. The molecule has 3 aromatic rings. The molecular formula is C25H29FN2O4S2. The fraction of sp³-hybridized carbons (Fsp3) is 0.360. The highest BCUT2D eigenvalue weighted by molar-refractivity contribution is 8.01. The molecule has 182 valence electrons. The maximum Gasteiger partial charge on any atom is 0.407 e. The van der Waals surface area contributed by atoms with Crippen molar-refractivity contribution in [2.45, 2.75) is 42.7 Å². The average Bonchev–Trinajstić information content (AvgIpc) is 3.15. The lowest BCUT2D eigenvalue weighted by Gasteiger charge is -2.27. The van der Waals surface area contributed by atoms with E-state index in [4.69, 9.17) is 9.47 Å². The van der Waals surface area contributed by atoms with Gasteiger partial charge < -0.3 is 19.5 Å². The number of carbonyl (C=O) groups is 1. The molecule has 0 saturated carbocycles. The first-order valence-electron chi connectivity index (χ1n) is 10.7. The van der Waals surface area contributed by atoms with E-state index in [0.29, 0.717) is 22.8 Å². The Balaban J connectivity index is 1.99. The first-order valence-corrected chi connectivity index (χ1v) is 12.3. The minimum absolute atomic E-state index is 0.134. The van der Waals surface area contributed by atoms with Gasteiger partial charge in [-0.1, -0.05) is 56.8 Å². The number of aromatic nitrogens is 1. The van der Waals surface area contributed by atoms with Crippen molar-refractivity contribution in [2.75, 3.05) is 20.8 Å². The van der Waals surface area contributed by atoms with Crippen LogP contribution < -0.4 is 0 Å². The van der Waals surface area contributed by atoms with E-state index in [-0.39, 0.29) is 17.8 Å². The predicted molar refractivity (Wildman–Crippen MR) is 133 cm³/mol. The van der Waals surface area contributed by atoms with Crippen LogP contribution in [-0.2, 0) is 16.0 Å². The number of halogens is 1. The van der Waals surface area contributed by atoms with Crippen LogP contribution in [-0.4, -0.2) is 41.8 Å². The number of benzene rings is 2. The number of carboxylic acid groups (broad SMARTS) is 1. The van der Waals surface area contributed by atoms with Crippen LogP contribution >= 0.6 is 23.1 Å². The van der Waals surface area contributed by atoms with E-state index in [1.54, 1.807) is 32.4 Å². The molecule has 0 aliphatic carbocycles. The van der Waals surface area contributed by atoms with Gasteiger partial charge in [-0.15, -0.1) is 11.3 Å². The third-order valence-electron chi connectivity index (χ3n) is 4.80. The number of rotatable bonds is 9. The Morgan fingerprint density at radius 2 is 1.88 bits per heavy atom. The van der Waals surface area contributed by atoms with Gasteiger partial charge >= 0.3 is 6.09 Å². The summed E-state index contributed by atoms with van der Waals surface area (Å²) in [6.07, 6.45) is -1.50. The van der Waals surface area contributed by atoms with Crippen molar-refractivity contribution in [1.29, 1.82) is 0 Å². The highest BCUT2D eigenvalue weighted by Crippen LogP contribution is 2.42. The zero-order chi connectivity index (χ0) is 24.9. The summed E-state index contributed by atoms with van der Waals surface area (Å²) in [7, 11) is 3.15. The number of nitrogens with zero attached hydrogens (tertiary/aromatic N) is 2. The fourth-order valence-corrected chi connectivity index (χ4v) is 5.81. The molecule has 1 aromatic heterocycles. The summed E-state index contributed by atoms with van der Waals surface area (Å²) in [4.78, 5) is 18.8. The van der Waals surface area contributed by atoms with E-state index in [1.165, 1.54) is 34.1 Å². The molecule has 0 spiro atoms. The van der Waals surface area contributed by atoms with Crippen LogP contribution in [0.2, 0.25) is 0 Å². The van der Waals surface area contributed by atoms with Crippen molar-refractivity contribution < 1.29 is 23.8 Å². The highest BCUT2D eigenvalue weighted by Gasteiger charge is 2.24. The number of methoxy groups -OCH3 is 2. The zero-order valence-electron chi connectivity index (χ0n) is 19.9. The molecule has 6 nitrogen and oxygen atoms in total. The minimum Gasteiger partial charge on any atom is -0.465 e. The largest absolute Gasteiger partial charge is 0.465 e. The van der Waals surface area contributed by atoms with Gasteiger partial charge in [-0.25, -0.2) is 14.2 Å². The van der Waals surface area contributed by atoms with Gasteiger partial charge in [0.15, 0.2) is 6.29 Å². The van der Waals surface area contributed by atoms with Gasteiger partial charge in [0.1, 0.15) is 10.8 Å². The van der Waals surface area contributed by atoms with Crippen molar-refractivity contribution >= 4 is 29.2 Å². The number of hydrogen-bond donors (Lipinski definition) is 1. The van der Waals surface area contributed by atoms with E-state index in [2.05, 4.69) is 4.98 Å². The summed E-state index contributed by atoms with van der Waals surface area (Å²) in [5.41, 5.74) is 1.54. The number of hydrogen-bond acceptors (Lipinski definition) is 6. The Kier molecular flexibility index (Phi) is 8.70. The molecule has 34 heavy (non-hydrogen) atoms. The quantitative estimate of drug-likeness (QED) is 0.319. The molecule has 0 saturated heterocycles. The lowest BCUT2D eigenvalue weighted by atomic mass is 9.96. The van der Waals surface area contributed by atoms with Crippen LogP contribution in [0.3, 0.4) is 0 Å². The van der Waals surface area contributed by atoms with Crippen molar-refractivity contribution in [3.05, 3.63) is 64.9 Å². The van der Waals surface area contributed by atoms with Crippen LogP contribution in [0.5, 0.6) is 0 Å². The monoisotopic (exact) mass is 504 g/mol. The fourth-order valence-electron chi connectivity index (χ4n) is 3.44. The molecular weight excluding hydrogens is 475 g/mol. The lowest BCUT2D eigenvalue weighted by molar-refractivity contribution is -0.106. The Hall–Kier alpha value is -2.46. The van der Waals surface area contributed by atoms with Crippen LogP contribution in [0.25, 0.3) is 11.3 Å². The van der Waals surface area contributed by atoms with Gasteiger partial charge in [0.25, 0.3) is 0 Å². The summed E-state index contributed by atoms with van der Waals surface area (Å²) >= 11 is 2.83. The smallest absolute Gasteiger partial charge is 0.407 e. The summed E-state index contributed by atoms with van der Waals surface area (Å²) < 4.78 is 26.2. The first-order chi connectivity index (χ1) is 16.1. The van der Waals surface area contributed by atoms with E-state index < -0.39 is 12.4 Å². The zero-order valence-corrected chi connectivity index (χ0v) is 21.5. The first kappa shape index (κ1) is 26.2. The molecule has 0 atom stereocenters. The van der Waals surface area contributed by atoms with Crippen molar-refractivity contribution in [2.24, 2.45) is 5.41 Å². The van der Waals surface area contributed by atoms with E-state index in [0.717, 1.165) is 14.7 Å². The Morgan fingerprint density at radius 3 is 2.50 bits per heavy atom. The maximum atomic E-state index is 14.7. The van der Waals surface area contributed by atoms with Gasteiger partial charge in [0.2, 0.25) is 0 Å². The molecule has 0 radical (unpaired) electrons. The van der Waals surface area contributed by atoms with E-state index >= 15 is 0 Å². The van der Waals surface area contributed by atoms with Gasteiger partial charge in [-0.3, -0.25) is 0 Å².